The van der Waals surface area contributed by atoms with Crippen molar-refractivity contribution < 1.29 is 0 Å². The Morgan fingerprint density at radius 1 is 1.44 bits per heavy atom. The second kappa shape index (κ2) is 2.89. The Labute approximate surface area is 61.6 Å². The molecule has 1 nitrogen and oxygen atoms in total. The van der Waals surface area contributed by atoms with Gasteiger partial charge in [0.25, 0.3) is 0 Å². The molecule has 54 valence electrons. The third kappa shape index (κ3) is 1.84. The van der Waals surface area contributed by atoms with Crippen LogP contribution in [0.5, 0.6) is 0 Å². The fourth-order valence-electron chi connectivity index (χ4n) is 1.35. The number of rotatable bonds is 0. The minimum absolute atomic E-state index is 0.389. The number of halogens is 1. The highest BCUT2D eigenvalue weighted by Gasteiger charge is 2.22. The first kappa shape index (κ1) is 7.36. The van der Waals surface area contributed by atoms with Gasteiger partial charge in [0.1, 0.15) is 0 Å². The van der Waals surface area contributed by atoms with E-state index in [4.69, 9.17) is 17.3 Å². The van der Waals surface area contributed by atoms with Gasteiger partial charge < -0.3 is 5.73 Å². The zero-order valence-electron chi connectivity index (χ0n) is 5.81. The molecule has 0 aromatic carbocycles. The molecule has 0 amide bonds. The van der Waals surface area contributed by atoms with Gasteiger partial charge in [-0.15, -0.1) is 11.6 Å². The van der Waals surface area contributed by atoms with Crippen LogP contribution in [-0.2, 0) is 0 Å². The lowest BCUT2D eigenvalue weighted by atomic mass is 9.86. The zero-order chi connectivity index (χ0) is 6.85. The minimum Gasteiger partial charge on any atom is -0.327 e. The van der Waals surface area contributed by atoms with Gasteiger partial charge in [-0.2, -0.15) is 0 Å². The van der Waals surface area contributed by atoms with Gasteiger partial charge in [0.05, 0.1) is 0 Å². The van der Waals surface area contributed by atoms with Crippen LogP contribution in [0.4, 0.5) is 0 Å². The lowest BCUT2D eigenvalue weighted by molar-refractivity contribution is 0.335. The summed E-state index contributed by atoms with van der Waals surface area (Å²) in [6, 6.07) is 0.403. The molecule has 0 aromatic rings. The Bertz CT molecular complexity index is 94.9. The Balaban J connectivity index is 2.35. The molecule has 2 heteroatoms. The molecule has 0 aromatic heterocycles. The summed E-state index contributed by atoms with van der Waals surface area (Å²) in [6.45, 7) is 2.18. The van der Waals surface area contributed by atoms with Crippen molar-refractivity contribution in [1.82, 2.24) is 0 Å². The summed E-state index contributed by atoms with van der Waals surface area (Å²) in [4.78, 5) is 0. The summed E-state index contributed by atoms with van der Waals surface area (Å²) in [5.41, 5.74) is 5.78. The predicted octanol–water partition coefficient (Wildman–Crippen LogP) is 1.74. The van der Waals surface area contributed by atoms with Crippen molar-refractivity contribution in [3.63, 3.8) is 0 Å². The first-order valence-corrected chi connectivity index (χ1v) is 4.03. The third-order valence-electron chi connectivity index (χ3n) is 2.17. The van der Waals surface area contributed by atoms with Gasteiger partial charge in [0.15, 0.2) is 0 Å². The number of hydrogen-bond donors (Lipinski definition) is 1. The third-order valence-corrected chi connectivity index (χ3v) is 2.57. The van der Waals surface area contributed by atoms with Crippen LogP contribution in [0.25, 0.3) is 0 Å². The monoisotopic (exact) mass is 147 g/mol. The van der Waals surface area contributed by atoms with Gasteiger partial charge in [-0.05, 0) is 25.2 Å². The highest BCUT2D eigenvalue weighted by molar-refractivity contribution is 6.20. The van der Waals surface area contributed by atoms with Crippen LogP contribution in [0.15, 0.2) is 0 Å². The largest absolute Gasteiger partial charge is 0.327 e. The minimum atomic E-state index is 0.389. The molecular weight excluding hydrogens is 134 g/mol. The van der Waals surface area contributed by atoms with Crippen molar-refractivity contribution in [3.05, 3.63) is 0 Å². The van der Waals surface area contributed by atoms with Crippen LogP contribution in [0.1, 0.15) is 26.2 Å². The molecular formula is C7H14ClN. The molecule has 1 fully saturated rings. The Kier molecular flexibility index (Phi) is 2.36. The van der Waals surface area contributed by atoms with Crippen molar-refractivity contribution in [3.8, 4) is 0 Å². The van der Waals surface area contributed by atoms with E-state index < -0.39 is 0 Å². The van der Waals surface area contributed by atoms with E-state index in [2.05, 4.69) is 6.92 Å². The average molecular weight is 148 g/mol. The molecule has 9 heavy (non-hydrogen) atoms. The highest BCUT2D eigenvalue weighted by Crippen LogP contribution is 2.26. The normalized spacial score (nSPS) is 45.0. The van der Waals surface area contributed by atoms with Gasteiger partial charge in [-0.25, -0.2) is 0 Å². The standard InChI is InChI=1S/C7H14ClN/c1-5-4-6(8)2-3-7(5)9/h5-7H,2-4,9H2,1H3/t5-,6?,7?/m1/s1. The van der Waals surface area contributed by atoms with Crippen LogP contribution in [0.2, 0.25) is 0 Å². The molecule has 0 heterocycles. The summed E-state index contributed by atoms with van der Waals surface area (Å²) >= 11 is 5.92. The van der Waals surface area contributed by atoms with Crippen molar-refractivity contribution in [2.45, 2.75) is 37.6 Å². The molecule has 0 bridgehead atoms. The number of hydrogen-bond acceptors (Lipinski definition) is 1. The van der Waals surface area contributed by atoms with Crippen LogP contribution in [0.3, 0.4) is 0 Å². The Morgan fingerprint density at radius 3 is 2.56 bits per heavy atom. The van der Waals surface area contributed by atoms with Crippen molar-refractivity contribution in [2.24, 2.45) is 11.7 Å². The molecule has 1 saturated carbocycles. The van der Waals surface area contributed by atoms with E-state index >= 15 is 0 Å². The average Bonchev–Trinajstić information content (AvgIpc) is 1.80. The Hall–Kier alpha value is 0.250. The molecule has 0 radical (unpaired) electrons. The lowest BCUT2D eigenvalue weighted by Gasteiger charge is -2.28. The lowest BCUT2D eigenvalue weighted by Crippen LogP contribution is -2.34. The van der Waals surface area contributed by atoms with Gasteiger partial charge in [0.2, 0.25) is 0 Å². The second-order valence-electron chi connectivity index (χ2n) is 3.05. The van der Waals surface area contributed by atoms with Crippen molar-refractivity contribution in [1.29, 1.82) is 0 Å². The maximum absolute atomic E-state index is 5.92. The maximum atomic E-state index is 5.92. The fourth-order valence-corrected chi connectivity index (χ4v) is 1.76. The summed E-state index contributed by atoms with van der Waals surface area (Å²) in [5, 5.41) is 0.389. The zero-order valence-corrected chi connectivity index (χ0v) is 6.56. The van der Waals surface area contributed by atoms with E-state index in [1.54, 1.807) is 0 Å². The fraction of sp³-hybridized carbons (Fsp3) is 1.00. The molecule has 2 N–H and O–H groups in total. The number of alkyl halides is 1. The summed E-state index contributed by atoms with van der Waals surface area (Å²) in [7, 11) is 0. The van der Waals surface area contributed by atoms with E-state index in [9.17, 15) is 0 Å². The molecule has 2 unspecified atom stereocenters. The SMILES string of the molecule is C[C@@H]1CC(Cl)CCC1N. The van der Waals surface area contributed by atoms with Crippen LogP contribution < -0.4 is 5.73 Å². The van der Waals surface area contributed by atoms with E-state index in [0.29, 0.717) is 17.3 Å². The molecule has 1 aliphatic rings. The van der Waals surface area contributed by atoms with E-state index in [1.165, 1.54) is 0 Å². The molecule has 0 spiro atoms. The van der Waals surface area contributed by atoms with Crippen LogP contribution in [-0.4, -0.2) is 11.4 Å². The molecule has 1 aliphatic carbocycles. The van der Waals surface area contributed by atoms with Crippen molar-refractivity contribution >= 4 is 11.6 Å². The first-order chi connectivity index (χ1) is 4.20. The molecule has 3 atom stereocenters. The van der Waals surface area contributed by atoms with E-state index in [0.717, 1.165) is 19.3 Å². The quantitative estimate of drug-likeness (QED) is 0.519. The molecule has 1 rings (SSSR count). The van der Waals surface area contributed by atoms with Crippen LogP contribution in [0, 0.1) is 5.92 Å². The van der Waals surface area contributed by atoms with Crippen molar-refractivity contribution in [2.75, 3.05) is 0 Å². The van der Waals surface area contributed by atoms with Gasteiger partial charge in [-0.3, -0.25) is 0 Å². The molecule has 0 aliphatic heterocycles. The highest BCUT2D eigenvalue weighted by atomic mass is 35.5. The predicted molar refractivity (Wildman–Crippen MR) is 40.6 cm³/mol. The van der Waals surface area contributed by atoms with Crippen LogP contribution >= 0.6 is 11.6 Å². The summed E-state index contributed by atoms with van der Waals surface area (Å²) < 4.78 is 0. The van der Waals surface area contributed by atoms with Gasteiger partial charge in [-0.1, -0.05) is 6.92 Å². The molecule has 0 saturated heterocycles. The summed E-state index contributed by atoms with van der Waals surface area (Å²) in [6.07, 6.45) is 3.31. The number of nitrogens with two attached hydrogens (primary N) is 1. The van der Waals surface area contributed by atoms with Gasteiger partial charge >= 0.3 is 0 Å². The van der Waals surface area contributed by atoms with Gasteiger partial charge in [0, 0.05) is 11.4 Å². The second-order valence-corrected chi connectivity index (χ2v) is 3.67. The van der Waals surface area contributed by atoms with E-state index in [-0.39, 0.29) is 0 Å². The van der Waals surface area contributed by atoms with E-state index in [1.807, 2.05) is 0 Å². The maximum Gasteiger partial charge on any atom is 0.0339 e. The summed E-state index contributed by atoms with van der Waals surface area (Å²) in [5.74, 6) is 0.626. The Morgan fingerprint density at radius 2 is 2.11 bits per heavy atom. The smallest absolute Gasteiger partial charge is 0.0339 e. The first-order valence-electron chi connectivity index (χ1n) is 3.60. The topological polar surface area (TPSA) is 26.0 Å².